The molecule has 11 heteroatoms. The summed E-state index contributed by atoms with van der Waals surface area (Å²) >= 11 is 0. The van der Waals surface area contributed by atoms with Gasteiger partial charge in [0.05, 0.1) is 19.2 Å². The van der Waals surface area contributed by atoms with Crippen molar-refractivity contribution in [1.82, 2.24) is 19.7 Å². The van der Waals surface area contributed by atoms with Crippen molar-refractivity contribution in [3.05, 3.63) is 47.3 Å². The molecule has 0 bridgehead atoms. The third-order valence-electron chi connectivity index (χ3n) is 5.08. The van der Waals surface area contributed by atoms with Crippen LogP contribution in [0, 0.1) is 5.82 Å². The van der Waals surface area contributed by atoms with Crippen LogP contribution in [0.15, 0.2) is 30.3 Å². The lowest BCUT2D eigenvalue weighted by atomic mass is 9.84. The largest absolute Gasteiger partial charge is 0.481 e. The number of halogens is 1. The quantitative estimate of drug-likeness (QED) is 0.526. The Balaban J connectivity index is 1.76. The van der Waals surface area contributed by atoms with Crippen LogP contribution in [0.2, 0.25) is 0 Å². The van der Waals surface area contributed by atoms with Crippen LogP contribution in [-0.4, -0.2) is 38.7 Å². The van der Waals surface area contributed by atoms with Crippen molar-refractivity contribution in [2.75, 3.05) is 18.2 Å². The van der Waals surface area contributed by atoms with Crippen molar-refractivity contribution in [3.63, 3.8) is 0 Å². The maximum Gasteiger partial charge on any atom is 0.245 e. The Labute approximate surface area is 170 Å². The molecule has 5 N–H and O–H groups in total. The summed E-state index contributed by atoms with van der Waals surface area (Å²) in [5, 5.41) is 6.90. The van der Waals surface area contributed by atoms with Crippen LogP contribution in [-0.2, 0) is 21.5 Å². The van der Waals surface area contributed by atoms with E-state index in [1.165, 1.54) is 24.8 Å². The van der Waals surface area contributed by atoms with Gasteiger partial charge >= 0.3 is 0 Å². The number of carbonyl (C=O) groups is 2. The highest BCUT2D eigenvalue weighted by Gasteiger charge is 2.51. The smallest absolute Gasteiger partial charge is 0.245 e. The molecule has 0 fully saturated rings. The molecule has 154 valence electrons. The first-order chi connectivity index (χ1) is 14.3. The number of ether oxygens (including phenoxy) is 1. The third-order valence-corrected chi connectivity index (χ3v) is 5.08. The first-order valence-corrected chi connectivity index (χ1v) is 8.90. The molecule has 0 saturated heterocycles. The highest BCUT2D eigenvalue weighted by Crippen LogP contribution is 2.40. The van der Waals surface area contributed by atoms with E-state index in [2.05, 4.69) is 20.4 Å². The van der Waals surface area contributed by atoms with Gasteiger partial charge in [0.15, 0.2) is 11.2 Å². The van der Waals surface area contributed by atoms with Gasteiger partial charge in [0.2, 0.25) is 17.7 Å². The Hall–Kier alpha value is -4.02. The number of primary amides is 1. The van der Waals surface area contributed by atoms with Gasteiger partial charge in [0, 0.05) is 11.6 Å². The van der Waals surface area contributed by atoms with Crippen LogP contribution in [0.5, 0.6) is 5.88 Å². The summed E-state index contributed by atoms with van der Waals surface area (Å²) in [5.41, 5.74) is 10.6. The fraction of sp³-hybridized carbons (Fsp3) is 0.211. The molecular formula is C19H18FN7O3. The molecule has 3 heterocycles. The molecule has 0 aliphatic carbocycles. The lowest BCUT2D eigenvalue weighted by Gasteiger charge is -2.18. The SMILES string of the molecule is COc1cc(-c2nc(N)c3c(n2)NC(=O)C3(C)C(N)=O)nn1Cc1ccccc1F. The topological polar surface area (TPSA) is 151 Å². The van der Waals surface area contributed by atoms with Gasteiger partial charge in [-0.05, 0) is 13.0 Å². The van der Waals surface area contributed by atoms with Crippen LogP contribution >= 0.6 is 0 Å². The van der Waals surface area contributed by atoms with Crippen LogP contribution < -0.4 is 21.5 Å². The van der Waals surface area contributed by atoms with Crippen molar-refractivity contribution >= 4 is 23.5 Å². The average molecular weight is 411 g/mol. The van der Waals surface area contributed by atoms with Gasteiger partial charge in [-0.3, -0.25) is 9.59 Å². The lowest BCUT2D eigenvalue weighted by Crippen LogP contribution is -2.44. The molecule has 2 amide bonds. The summed E-state index contributed by atoms with van der Waals surface area (Å²) in [6.07, 6.45) is 0. The minimum Gasteiger partial charge on any atom is -0.481 e. The number of fused-ring (bicyclic) bond motifs is 1. The van der Waals surface area contributed by atoms with Crippen LogP contribution in [0.1, 0.15) is 18.1 Å². The predicted molar refractivity (Wildman–Crippen MR) is 105 cm³/mol. The normalized spacial score (nSPS) is 17.5. The second-order valence-corrected chi connectivity index (χ2v) is 6.92. The molecule has 1 aliphatic rings. The van der Waals surface area contributed by atoms with E-state index < -0.39 is 17.2 Å². The molecule has 3 aromatic rings. The number of rotatable bonds is 5. The van der Waals surface area contributed by atoms with E-state index in [1.807, 2.05) is 0 Å². The molecule has 0 saturated carbocycles. The predicted octanol–water partition coefficient (Wildman–Crippen LogP) is 0.813. The van der Waals surface area contributed by atoms with Gasteiger partial charge < -0.3 is 21.5 Å². The number of nitrogens with two attached hydrogens (primary N) is 2. The Kier molecular flexibility index (Phi) is 4.37. The minimum absolute atomic E-state index is 0.0720. The maximum absolute atomic E-state index is 14.0. The first-order valence-electron chi connectivity index (χ1n) is 8.90. The van der Waals surface area contributed by atoms with E-state index in [-0.39, 0.29) is 35.4 Å². The van der Waals surface area contributed by atoms with E-state index >= 15 is 0 Å². The van der Waals surface area contributed by atoms with E-state index in [0.29, 0.717) is 17.1 Å². The zero-order valence-corrected chi connectivity index (χ0v) is 16.1. The fourth-order valence-electron chi connectivity index (χ4n) is 3.33. The number of benzene rings is 1. The number of hydrogen-bond acceptors (Lipinski definition) is 7. The standard InChI is InChI=1S/C19H18FN7O3/c1-19(17(22)28)13-14(21)23-15(24-16(13)25-18(19)29)11-7-12(30-2)27(26-11)8-9-5-3-4-6-10(9)20/h3-7H,8H2,1-2H3,(H2,22,28)(H3,21,23,24,25,29). The number of nitrogens with zero attached hydrogens (tertiary/aromatic N) is 4. The van der Waals surface area contributed by atoms with Crippen LogP contribution in [0.25, 0.3) is 11.5 Å². The highest BCUT2D eigenvalue weighted by atomic mass is 19.1. The van der Waals surface area contributed by atoms with Gasteiger partial charge in [-0.15, -0.1) is 0 Å². The second-order valence-electron chi connectivity index (χ2n) is 6.92. The van der Waals surface area contributed by atoms with Gasteiger partial charge in [-0.1, -0.05) is 18.2 Å². The Morgan fingerprint density at radius 1 is 1.33 bits per heavy atom. The summed E-state index contributed by atoms with van der Waals surface area (Å²) < 4.78 is 20.8. The Morgan fingerprint density at radius 3 is 2.73 bits per heavy atom. The number of carbonyl (C=O) groups excluding carboxylic acids is 2. The maximum atomic E-state index is 14.0. The molecule has 1 unspecified atom stereocenters. The minimum atomic E-state index is -1.67. The number of anilines is 2. The Bertz CT molecular complexity index is 1190. The Morgan fingerprint density at radius 2 is 2.07 bits per heavy atom. The van der Waals surface area contributed by atoms with Gasteiger partial charge in [-0.2, -0.15) is 5.10 Å². The van der Waals surface area contributed by atoms with E-state index in [0.717, 1.165) is 0 Å². The second kappa shape index (κ2) is 6.79. The molecule has 1 atom stereocenters. The molecule has 4 rings (SSSR count). The van der Waals surface area contributed by atoms with E-state index in [4.69, 9.17) is 16.2 Å². The summed E-state index contributed by atoms with van der Waals surface area (Å²) in [6.45, 7) is 1.48. The summed E-state index contributed by atoms with van der Waals surface area (Å²) in [6, 6.07) is 7.87. The number of nitrogens with one attached hydrogen (secondary N) is 1. The highest BCUT2D eigenvalue weighted by molar-refractivity contribution is 6.20. The summed E-state index contributed by atoms with van der Waals surface area (Å²) in [5.74, 6) is -1.40. The average Bonchev–Trinajstić information content (AvgIpc) is 3.23. The first kappa shape index (κ1) is 19.3. The van der Waals surface area contributed by atoms with Crippen molar-refractivity contribution in [3.8, 4) is 17.4 Å². The molecule has 1 aliphatic heterocycles. The van der Waals surface area contributed by atoms with Crippen LogP contribution in [0.3, 0.4) is 0 Å². The third kappa shape index (κ3) is 2.82. The number of aromatic nitrogens is 4. The van der Waals surface area contributed by atoms with Crippen molar-refractivity contribution in [2.45, 2.75) is 18.9 Å². The lowest BCUT2D eigenvalue weighted by molar-refractivity contribution is -0.131. The summed E-state index contributed by atoms with van der Waals surface area (Å²) in [4.78, 5) is 32.7. The number of amides is 2. The summed E-state index contributed by atoms with van der Waals surface area (Å²) in [7, 11) is 1.45. The number of hydrogen-bond donors (Lipinski definition) is 3. The van der Waals surface area contributed by atoms with Crippen LogP contribution in [0.4, 0.5) is 16.0 Å². The zero-order valence-electron chi connectivity index (χ0n) is 16.1. The molecule has 1 aromatic carbocycles. The van der Waals surface area contributed by atoms with Gasteiger partial charge in [0.25, 0.3) is 0 Å². The molecule has 2 aromatic heterocycles. The van der Waals surface area contributed by atoms with Crippen molar-refractivity contribution in [2.24, 2.45) is 5.73 Å². The number of methoxy groups -OCH3 is 1. The van der Waals surface area contributed by atoms with Crippen molar-refractivity contribution in [1.29, 1.82) is 0 Å². The van der Waals surface area contributed by atoms with Gasteiger partial charge in [-0.25, -0.2) is 19.0 Å². The van der Waals surface area contributed by atoms with E-state index in [1.54, 1.807) is 24.3 Å². The fourth-order valence-corrected chi connectivity index (χ4v) is 3.33. The molecule has 10 nitrogen and oxygen atoms in total. The molecule has 0 spiro atoms. The molecule has 0 radical (unpaired) electrons. The zero-order chi connectivity index (χ0) is 21.6. The monoisotopic (exact) mass is 411 g/mol. The molecule has 30 heavy (non-hydrogen) atoms. The molecular weight excluding hydrogens is 393 g/mol. The van der Waals surface area contributed by atoms with Gasteiger partial charge in [0.1, 0.15) is 23.1 Å². The number of nitrogen functional groups attached to an aromatic ring is 1. The van der Waals surface area contributed by atoms with E-state index in [9.17, 15) is 14.0 Å². The van der Waals surface area contributed by atoms with Crippen molar-refractivity contribution < 1.29 is 18.7 Å².